The molecule has 0 unspecified atom stereocenters. The molecule has 0 spiro atoms. The molecule has 0 saturated heterocycles. The summed E-state index contributed by atoms with van der Waals surface area (Å²) in [5.74, 6) is 0.0887. The minimum absolute atomic E-state index is 0.000641. The maximum Gasteiger partial charge on any atom is 0.307 e. The number of nitrogens with one attached hydrogen (secondary N) is 2. The number of amides is 1. The summed E-state index contributed by atoms with van der Waals surface area (Å²) in [6.07, 6.45) is -0.197. The molecule has 0 aliphatic heterocycles. The van der Waals surface area contributed by atoms with Gasteiger partial charge in [0.2, 0.25) is 21.8 Å². The van der Waals surface area contributed by atoms with Crippen molar-refractivity contribution in [2.24, 2.45) is 0 Å². The summed E-state index contributed by atoms with van der Waals surface area (Å²) in [5.41, 5.74) is 1.12. The fourth-order valence-corrected chi connectivity index (χ4v) is 3.89. The normalized spacial score (nSPS) is 11.1. The zero-order chi connectivity index (χ0) is 24.6. The minimum atomic E-state index is -3.83. The van der Waals surface area contributed by atoms with Crippen LogP contribution in [0.2, 0.25) is 0 Å². The van der Waals surface area contributed by atoms with E-state index in [4.69, 9.17) is 14.0 Å². The zero-order valence-corrected chi connectivity index (χ0v) is 19.4. The van der Waals surface area contributed by atoms with E-state index in [1.54, 1.807) is 12.1 Å². The Morgan fingerprint density at radius 1 is 1.09 bits per heavy atom. The molecule has 34 heavy (non-hydrogen) atoms. The van der Waals surface area contributed by atoms with Gasteiger partial charge >= 0.3 is 5.97 Å². The van der Waals surface area contributed by atoms with Crippen molar-refractivity contribution in [3.05, 3.63) is 54.4 Å². The maximum absolute atomic E-state index is 12.3. The van der Waals surface area contributed by atoms with Crippen molar-refractivity contribution in [2.75, 3.05) is 18.5 Å². The number of nitrogens with zero attached hydrogens (tertiary/aromatic N) is 2. The van der Waals surface area contributed by atoms with Crippen LogP contribution in [0.15, 0.2) is 57.9 Å². The van der Waals surface area contributed by atoms with E-state index in [-0.39, 0.29) is 36.3 Å². The van der Waals surface area contributed by atoms with Crippen LogP contribution < -0.4 is 14.8 Å². The largest absolute Gasteiger partial charge is 0.493 e. The van der Waals surface area contributed by atoms with Gasteiger partial charge in [0.1, 0.15) is 5.75 Å². The number of carbonyl (C=O) groups excluding carboxylic acids is 2. The molecule has 0 aliphatic rings. The summed E-state index contributed by atoms with van der Waals surface area (Å²) < 4.78 is 42.8. The van der Waals surface area contributed by atoms with Crippen molar-refractivity contribution >= 4 is 27.6 Å². The molecule has 1 aromatic heterocycles. The molecule has 0 saturated carbocycles. The van der Waals surface area contributed by atoms with Crippen LogP contribution in [0.25, 0.3) is 11.4 Å². The number of sulfonamides is 1. The highest BCUT2D eigenvalue weighted by atomic mass is 32.2. The van der Waals surface area contributed by atoms with Crippen LogP contribution >= 0.6 is 0 Å². The molecule has 12 heteroatoms. The molecule has 0 atom stereocenters. The third-order valence-corrected chi connectivity index (χ3v) is 5.84. The van der Waals surface area contributed by atoms with Crippen LogP contribution in [0.1, 0.15) is 26.2 Å². The van der Waals surface area contributed by atoms with E-state index in [0.717, 1.165) is 0 Å². The van der Waals surface area contributed by atoms with Gasteiger partial charge in [-0.3, -0.25) is 9.59 Å². The Hall–Kier alpha value is -3.77. The summed E-state index contributed by atoms with van der Waals surface area (Å²) in [6, 6.07) is 12.8. The van der Waals surface area contributed by atoms with Crippen molar-refractivity contribution in [3.63, 3.8) is 0 Å². The van der Waals surface area contributed by atoms with Crippen molar-refractivity contribution in [3.8, 4) is 17.1 Å². The molecule has 2 N–H and O–H groups in total. The van der Waals surface area contributed by atoms with Crippen molar-refractivity contribution in [2.45, 2.75) is 31.8 Å². The molecule has 0 aliphatic carbocycles. The summed E-state index contributed by atoms with van der Waals surface area (Å²) in [6.45, 7) is 3.28. The number of anilines is 1. The lowest BCUT2D eigenvalue weighted by Gasteiger charge is -2.08. The summed E-state index contributed by atoms with van der Waals surface area (Å²) in [5, 5.41) is 6.43. The lowest BCUT2D eigenvalue weighted by molar-refractivity contribution is -0.145. The van der Waals surface area contributed by atoms with E-state index < -0.39 is 16.0 Å². The first-order valence-corrected chi connectivity index (χ1v) is 11.8. The molecule has 1 heterocycles. The van der Waals surface area contributed by atoms with Gasteiger partial charge in [-0.15, -0.1) is 0 Å². The van der Waals surface area contributed by atoms with Gasteiger partial charge in [-0.05, 0) is 43.3 Å². The Kier molecular flexibility index (Phi) is 8.33. The van der Waals surface area contributed by atoms with Gasteiger partial charge in [0.05, 0.1) is 23.5 Å². The van der Waals surface area contributed by atoms with Crippen LogP contribution in [-0.4, -0.2) is 43.6 Å². The van der Waals surface area contributed by atoms with Crippen molar-refractivity contribution in [1.82, 2.24) is 14.9 Å². The lowest BCUT2D eigenvalue weighted by atomic mass is 10.2. The maximum atomic E-state index is 12.3. The monoisotopic (exact) mass is 488 g/mol. The quantitative estimate of drug-likeness (QED) is 0.388. The summed E-state index contributed by atoms with van der Waals surface area (Å²) in [4.78, 5) is 27.2. The highest BCUT2D eigenvalue weighted by Gasteiger charge is 2.17. The predicted molar refractivity (Wildman–Crippen MR) is 121 cm³/mol. The van der Waals surface area contributed by atoms with Crippen molar-refractivity contribution < 1.29 is 32.0 Å². The van der Waals surface area contributed by atoms with Gasteiger partial charge in [-0.2, -0.15) is 4.98 Å². The molecule has 0 fully saturated rings. The molecule has 180 valence electrons. The van der Waals surface area contributed by atoms with Crippen LogP contribution in [0.3, 0.4) is 0 Å². The SMILES string of the molecule is CCOc1ccccc1-c1noc(COC(=O)CCNS(=O)(=O)c2ccc(NC(C)=O)cc2)n1. The Morgan fingerprint density at radius 2 is 1.82 bits per heavy atom. The summed E-state index contributed by atoms with van der Waals surface area (Å²) >= 11 is 0. The highest BCUT2D eigenvalue weighted by molar-refractivity contribution is 7.89. The topological polar surface area (TPSA) is 150 Å². The zero-order valence-electron chi connectivity index (χ0n) is 18.6. The predicted octanol–water partition coefficient (Wildman–Crippen LogP) is 2.51. The molecule has 3 rings (SSSR count). The Balaban J connectivity index is 1.47. The number of benzene rings is 2. The van der Waals surface area contributed by atoms with Gasteiger partial charge in [0.15, 0.2) is 6.61 Å². The lowest BCUT2D eigenvalue weighted by Crippen LogP contribution is -2.26. The number of hydrogen-bond donors (Lipinski definition) is 2. The minimum Gasteiger partial charge on any atom is -0.493 e. The first kappa shape index (κ1) is 24.9. The number of aromatic nitrogens is 2. The van der Waals surface area contributed by atoms with Crippen LogP contribution in [-0.2, 0) is 31.0 Å². The average molecular weight is 489 g/mol. The summed E-state index contributed by atoms with van der Waals surface area (Å²) in [7, 11) is -3.83. The van der Waals surface area contributed by atoms with E-state index in [9.17, 15) is 18.0 Å². The molecule has 3 aromatic rings. The first-order chi connectivity index (χ1) is 16.3. The van der Waals surface area contributed by atoms with E-state index in [0.29, 0.717) is 29.4 Å². The second-order valence-corrected chi connectivity index (χ2v) is 8.72. The van der Waals surface area contributed by atoms with Gasteiger partial charge in [0.25, 0.3) is 5.89 Å². The first-order valence-electron chi connectivity index (χ1n) is 10.4. The van der Waals surface area contributed by atoms with Crippen LogP contribution in [0.5, 0.6) is 5.75 Å². The second kappa shape index (κ2) is 11.4. The number of carbonyl (C=O) groups is 2. The Morgan fingerprint density at radius 3 is 2.53 bits per heavy atom. The third-order valence-electron chi connectivity index (χ3n) is 4.36. The standard InChI is InChI=1S/C22H24N4O7S/c1-3-31-19-7-5-4-6-18(19)22-25-20(33-26-22)14-32-21(28)12-13-23-34(29,30)17-10-8-16(9-11-17)24-15(2)27/h4-11,23H,3,12-14H2,1-2H3,(H,24,27). The number of hydrogen-bond acceptors (Lipinski definition) is 9. The molecule has 0 bridgehead atoms. The molecule has 11 nitrogen and oxygen atoms in total. The second-order valence-electron chi connectivity index (χ2n) is 6.95. The van der Waals surface area contributed by atoms with Gasteiger partial charge in [-0.25, -0.2) is 13.1 Å². The van der Waals surface area contributed by atoms with Crippen LogP contribution in [0, 0.1) is 0 Å². The van der Waals surface area contributed by atoms with E-state index in [2.05, 4.69) is 20.2 Å². The number of ether oxygens (including phenoxy) is 2. The van der Waals surface area contributed by atoms with Crippen LogP contribution in [0.4, 0.5) is 5.69 Å². The Bertz CT molecular complexity index is 1240. The van der Waals surface area contributed by atoms with E-state index in [1.165, 1.54) is 31.2 Å². The number of rotatable bonds is 11. The van der Waals surface area contributed by atoms with E-state index >= 15 is 0 Å². The smallest absolute Gasteiger partial charge is 0.307 e. The molecule has 1 amide bonds. The molecular formula is C22H24N4O7S. The Labute approximate surface area is 196 Å². The third kappa shape index (κ3) is 6.86. The fourth-order valence-electron chi connectivity index (χ4n) is 2.86. The molecule has 0 radical (unpaired) electrons. The average Bonchev–Trinajstić information content (AvgIpc) is 3.27. The van der Waals surface area contributed by atoms with Gasteiger partial charge < -0.3 is 19.3 Å². The fraction of sp³-hybridized carbons (Fsp3) is 0.273. The van der Waals surface area contributed by atoms with Gasteiger partial charge in [0, 0.05) is 19.2 Å². The number of esters is 1. The highest BCUT2D eigenvalue weighted by Crippen LogP contribution is 2.27. The van der Waals surface area contributed by atoms with Gasteiger partial charge in [-0.1, -0.05) is 17.3 Å². The molecule has 2 aromatic carbocycles. The van der Waals surface area contributed by atoms with E-state index in [1.807, 2.05) is 19.1 Å². The molecular weight excluding hydrogens is 464 g/mol. The number of para-hydroxylation sites is 1. The van der Waals surface area contributed by atoms with Crippen molar-refractivity contribution in [1.29, 1.82) is 0 Å².